The van der Waals surface area contributed by atoms with Crippen LogP contribution in [0.15, 0.2) is 30.5 Å². The van der Waals surface area contributed by atoms with Gasteiger partial charge in [-0.1, -0.05) is 32.0 Å². The molecule has 1 aromatic carbocycles. The first-order chi connectivity index (χ1) is 10.5. The first-order valence-corrected chi connectivity index (χ1v) is 8.14. The number of aromatic nitrogens is 1. The second-order valence-electron chi connectivity index (χ2n) is 6.86. The maximum absolute atomic E-state index is 12.6. The van der Waals surface area contributed by atoms with Crippen LogP contribution in [0.4, 0.5) is 0 Å². The maximum Gasteiger partial charge on any atom is 0.239 e. The summed E-state index contributed by atoms with van der Waals surface area (Å²) in [5, 5.41) is 1.16. The summed E-state index contributed by atoms with van der Waals surface area (Å²) in [6.45, 7) is 6.10. The number of piperidine rings is 1. The minimum Gasteiger partial charge on any atom is -0.361 e. The second kappa shape index (κ2) is 6.13. The first kappa shape index (κ1) is 15.1. The number of hydrogen-bond donors (Lipinski definition) is 2. The Morgan fingerprint density at radius 2 is 2.00 bits per heavy atom. The standard InChI is InChI=1S/C18H25N3O/c1-12-7-13(2)11-21(10-12)18(22)16(19)8-14-9-20-17-6-4-3-5-15(14)17/h3-6,9,12-13,16,20H,7-8,10-11,19H2,1-2H3/t12?,13?,16-/m0/s1. The summed E-state index contributed by atoms with van der Waals surface area (Å²) in [6.07, 6.45) is 3.75. The molecule has 0 aliphatic carbocycles. The van der Waals surface area contributed by atoms with Gasteiger partial charge in [0.25, 0.3) is 0 Å². The molecule has 0 radical (unpaired) electrons. The van der Waals surface area contributed by atoms with E-state index < -0.39 is 6.04 Å². The molecule has 3 N–H and O–H groups in total. The fourth-order valence-corrected chi connectivity index (χ4v) is 3.70. The molecule has 118 valence electrons. The highest BCUT2D eigenvalue weighted by Gasteiger charge is 2.28. The van der Waals surface area contributed by atoms with Gasteiger partial charge in [-0.25, -0.2) is 0 Å². The number of nitrogens with zero attached hydrogens (tertiary/aromatic N) is 1. The molecule has 1 saturated heterocycles. The van der Waals surface area contributed by atoms with Crippen LogP contribution in [0.2, 0.25) is 0 Å². The molecular formula is C18H25N3O. The van der Waals surface area contributed by atoms with Crippen molar-refractivity contribution >= 4 is 16.8 Å². The van der Waals surface area contributed by atoms with Crippen LogP contribution in [0.1, 0.15) is 25.8 Å². The molecule has 2 heterocycles. The molecule has 2 unspecified atom stereocenters. The van der Waals surface area contributed by atoms with Crippen molar-refractivity contribution in [2.75, 3.05) is 13.1 Å². The summed E-state index contributed by atoms with van der Waals surface area (Å²) < 4.78 is 0. The summed E-state index contributed by atoms with van der Waals surface area (Å²) in [5.41, 5.74) is 8.43. The number of H-pyrrole nitrogens is 1. The molecule has 0 spiro atoms. The number of carbonyl (C=O) groups excluding carboxylic acids is 1. The number of fused-ring (bicyclic) bond motifs is 1. The van der Waals surface area contributed by atoms with Gasteiger partial charge in [-0.15, -0.1) is 0 Å². The van der Waals surface area contributed by atoms with E-state index in [-0.39, 0.29) is 5.91 Å². The Hall–Kier alpha value is -1.81. The Balaban J connectivity index is 1.71. The number of likely N-dealkylation sites (tertiary alicyclic amines) is 1. The molecule has 0 saturated carbocycles. The normalized spacial score (nSPS) is 23.7. The molecule has 1 amide bonds. The van der Waals surface area contributed by atoms with Gasteiger partial charge < -0.3 is 15.6 Å². The number of amides is 1. The van der Waals surface area contributed by atoms with Crippen LogP contribution in [-0.4, -0.2) is 34.9 Å². The molecule has 4 heteroatoms. The Labute approximate surface area is 131 Å². The van der Waals surface area contributed by atoms with E-state index in [2.05, 4.69) is 24.9 Å². The number of benzene rings is 1. The zero-order valence-corrected chi connectivity index (χ0v) is 13.4. The lowest BCUT2D eigenvalue weighted by atomic mass is 9.91. The van der Waals surface area contributed by atoms with Crippen molar-refractivity contribution in [1.29, 1.82) is 0 Å². The van der Waals surface area contributed by atoms with Gasteiger partial charge in [-0.2, -0.15) is 0 Å². The summed E-state index contributed by atoms with van der Waals surface area (Å²) in [4.78, 5) is 17.8. The van der Waals surface area contributed by atoms with Gasteiger partial charge in [0.05, 0.1) is 6.04 Å². The average molecular weight is 299 g/mol. The predicted octanol–water partition coefficient (Wildman–Crippen LogP) is 2.54. The predicted molar refractivity (Wildman–Crippen MR) is 89.5 cm³/mol. The van der Waals surface area contributed by atoms with Crippen molar-refractivity contribution < 1.29 is 4.79 Å². The fraction of sp³-hybridized carbons (Fsp3) is 0.500. The fourth-order valence-electron chi connectivity index (χ4n) is 3.70. The third-order valence-electron chi connectivity index (χ3n) is 4.61. The SMILES string of the molecule is CC1CC(C)CN(C(=O)[C@@H](N)Cc2c[nH]c3ccccc23)C1. The van der Waals surface area contributed by atoms with Crippen LogP contribution in [-0.2, 0) is 11.2 Å². The number of nitrogens with two attached hydrogens (primary N) is 1. The quantitative estimate of drug-likeness (QED) is 0.915. The molecule has 3 rings (SSSR count). The zero-order chi connectivity index (χ0) is 15.7. The third-order valence-corrected chi connectivity index (χ3v) is 4.61. The molecule has 1 aromatic heterocycles. The summed E-state index contributed by atoms with van der Waals surface area (Å²) in [7, 11) is 0. The van der Waals surface area contributed by atoms with Gasteiger partial charge in [0.1, 0.15) is 0 Å². The molecule has 2 aromatic rings. The molecule has 0 bridgehead atoms. The zero-order valence-electron chi connectivity index (χ0n) is 13.4. The highest BCUT2D eigenvalue weighted by Crippen LogP contribution is 2.23. The lowest BCUT2D eigenvalue weighted by Crippen LogP contribution is -2.50. The molecule has 1 aliphatic rings. The van der Waals surface area contributed by atoms with Crippen LogP contribution in [0.3, 0.4) is 0 Å². The number of nitrogens with one attached hydrogen (secondary N) is 1. The van der Waals surface area contributed by atoms with Crippen LogP contribution in [0.25, 0.3) is 10.9 Å². The van der Waals surface area contributed by atoms with Gasteiger partial charge in [0, 0.05) is 30.2 Å². The molecule has 3 atom stereocenters. The molecule has 4 nitrogen and oxygen atoms in total. The highest BCUT2D eigenvalue weighted by atomic mass is 16.2. The van der Waals surface area contributed by atoms with Crippen LogP contribution < -0.4 is 5.73 Å². The largest absolute Gasteiger partial charge is 0.361 e. The lowest BCUT2D eigenvalue weighted by Gasteiger charge is -2.36. The van der Waals surface area contributed by atoms with Gasteiger partial charge in [-0.3, -0.25) is 4.79 Å². The van der Waals surface area contributed by atoms with Gasteiger partial charge >= 0.3 is 0 Å². The number of rotatable bonds is 3. The van der Waals surface area contributed by atoms with Gasteiger partial charge in [-0.05, 0) is 36.3 Å². The van der Waals surface area contributed by atoms with E-state index in [0.717, 1.165) is 29.6 Å². The smallest absolute Gasteiger partial charge is 0.239 e. The first-order valence-electron chi connectivity index (χ1n) is 8.14. The van der Waals surface area contributed by atoms with Gasteiger partial charge in [0.15, 0.2) is 0 Å². The maximum atomic E-state index is 12.6. The topological polar surface area (TPSA) is 62.1 Å². The Bertz CT molecular complexity index is 653. The van der Waals surface area contributed by atoms with Crippen LogP contribution >= 0.6 is 0 Å². The van der Waals surface area contributed by atoms with Crippen molar-refractivity contribution in [1.82, 2.24) is 9.88 Å². The van der Waals surface area contributed by atoms with E-state index >= 15 is 0 Å². The third kappa shape index (κ3) is 3.02. The van der Waals surface area contributed by atoms with Crippen molar-refractivity contribution in [2.45, 2.75) is 32.7 Å². The van der Waals surface area contributed by atoms with Crippen molar-refractivity contribution in [3.8, 4) is 0 Å². The number of hydrogen-bond acceptors (Lipinski definition) is 2. The summed E-state index contributed by atoms with van der Waals surface area (Å²) in [5.74, 6) is 1.21. The second-order valence-corrected chi connectivity index (χ2v) is 6.86. The van der Waals surface area contributed by atoms with Crippen LogP contribution in [0, 0.1) is 11.8 Å². The Morgan fingerprint density at radius 3 is 2.73 bits per heavy atom. The van der Waals surface area contributed by atoms with Crippen molar-refractivity contribution in [3.05, 3.63) is 36.0 Å². The highest BCUT2D eigenvalue weighted by molar-refractivity contribution is 5.86. The Morgan fingerprint density at radius 1 is 1.32 bits per heavy atom. The number of aromatic amines is 1. The lowest BCUT2D eigenvalue weighted by molar-refractivity contribution is -0.135. The molecular weight excluding hydrogens is 274 g/mol. The number of para-hydroxylation sites is 1. The van der Waals surface area contributed by atoms with E-state index in [1.165, 1.54) is 6.42 Å². The minimum absolute atomic E-state index is 0.0867. The minimum atomic E-state index is -0.461. The number of carbonyl (C=O) groups is 1. The van der Waals surface area contributed by atoms with Gasteiger partial charge in [0.2, 0.25) is 5.91 Å². The Kier molecular flexibility index (Phi) is 4.21. The monoisotopic (exact) mass is 299 g/mol. The van der Waals surface area contributed by atoms with Crippen molar-refractivity contribution in [2.24, 2.45) is 17.6 Å². The summed E-state index contributed by atoms with van der Waals surface area (Å²) >= 11 is 0. The van der Waals surface area contributed by atoms with E-state index in [0.29, 0.717) is 18.3 Å². The molecule has 22 heavy (non-hydrogen) atoms. The summed E-state index contributed by atoms with van der Waals surface area (Å²) in [6, 6.07) is 7.67. The van der Waals surface area contributed by atoms with Crippen molar-refractivity contribution in [3.63, 3.8) is 0 Å². The molecule has 1 fully saturated rings. The average Bonchev–Trinajstić information content (AvgIpc) is 2.89. The van der Waals surface area contributed by atoms with E-state index in [4.69, 9.17) is 5.73 Å². The van der Waals surface area contributed by atoms with Crippen LogP contribution in [0.5, 0.6) is 0 Å². The van der Waals surface area contributed by atoms with E-state index in [1.54, 1.807) is 0 Å². The molecule has 1 aliphatic heterocycles. The van der Waals surface area contributed by atoms with E-state index in [9.17, 15) is 4.79 Å². The van der Waals surface area contributed by atoms with E-state index in [1.807, 2.05) is 29.3 Å².